The lowest BCUT2D eigenvalue weighted by Crippen LogP contribution is -2.26. The Morgan fingerprint density at radius 3 is 2.55 bits per heavy atom. The van der Waals surface area contributed by atoms with Gasteiger partial charge in [0.1, 0.15) is 11.3 Å². The monoisotopic (exact) mass is 411 g/mol. The van der Waals surface area contributed by atoms with Crippen LogP contribution in [0.2, 0.25) is 0 Å². The van der Waals surface area contributed by atoms with Crippen molar-refractivity contribution in [1.82, 2.24) is 0 Å². The minimum absolute atomic E-state index is 0.239. The molecule has 2 aromatic carbocycles. The van der Waals surface area contributed by atoms with Crippen LogP contribution < -0.4 is 4.72 Å². The van der Waals surface area contributed by atoms with Crippen LogP contribution in [0.25, 0.3) is 11.0 Å². The zero-order valence-electron chi connectivity index (χ0n) is 17.8. The van der Waals surface area contributed by atoms with Gasteiger partial charge in [-0.3, -0.25) is 4.72 Å². The number of sulfonamides is 1. The minimum atomic E-state index is -3.65. The molecule has 1 aliphatic rings. The largest absolute Gasteiger partial charge is 0.461 e. The zero-order valence-corrected chi connectivity index (χ0v) is 18.6. The second kappa shape index (κ2) is 6.91. The van der Waals surface area contributed by atoms with Crippen molar-refractivity contribution < 1.29 is 12.8 Å². The summed E-state index contributed by atoms with van der Waals surface area (Å²) in [5, 5.41) is 1.02. The summed E-state index contributed by atoms with van der Waals surface area (Å²) >= 11 is 0. The first-order valence-corrected chi connectivity index (χ1v) is 11.7. The van der Waals surface area contributed by atoms with Crippen LogP contribution in [0.5, 0.6) is 0 Å². The molecule has 0 saturated heterocycles. The lowest BCUT2D eigenvalue weighted by Gasteiger charge is -2.33. The number of benzene rings is 2. The highest BCUT2D eigenvalue weighted by Crippen LogP contribution is 2.41. The number of furan rings is 1. The standard InChI is InChI=1S/C24H29NO3S/c1-15-6-7-16(2)23(12-15)29(26,27)25-18-9-11-22-20(14-18)19-13-17(24(3,4)5)8-10-21(19)28-22/h6-7,9,11-12,14,17,25H,8,10,13H2,1-5H3/t17-/m0/s1. The van der Waals surface area contributed by atoms with E-state index < -0.39 is 10.0 Å². The minimum Gasteiger partial charge on any atom is -0.461 e. The fraction of sp³-hybridized carbons (Fsp3) is 0.417. The van der Waals surface area contributed by atoms with Crippen LogP contribution in [0.1, 0.15) is 49.6 Å². The van der Waals surface area contributed by atoms with Gasteiger partial charge in [0.15, 0.2) is 0 Å². The van der Waals surface area contributed by atoms with Crippen molar-refractivity contribution in [3.05, 3.63) is 58.8 Å². The Balaban J connectivity index is 1.70. The Hall–Kier alpha value is -2.27. The summed E-state index contributed by atoms with van der Waals surface area (Å²) in [7, 11) is -3.65. The fourth-order valence-corrected chi connectivity index (χ4v) is 5.67. The molecule has 0 radical (unpaired) electrons. The van der Waals surface area contributed by atoms with Crippen molar-refractivity contribution in [3.8, 4) is 0 Å². The van der Waals surface area contributed by atoms with Gasteiger partial charge in [-0.15, -0.1) is 0 Å². The predicted octanol–water partition coefficient (Wildman–Crippen LogP) is 6.00. The highest BCUT2D eigenvalue weighted by Gasteiger charge is 2.31. The normalized spacial score (nSPS) is 17.3. The van der Waals surface area contributed by atoms with Gasteiger partial charge < -0.3 is 4.42 Å². The molecule has 1 aliphatic carbocycles. The summed E-state index contributed by atoms with van der Waals surface area (Å²) in [6.07, 6.45) is 3.04. The van der Waals surface area contributed by atoms with Gasteiger partial charge in [0, 0.05) is 23.1 Å². The summed E-state index contributed by atoms with van der Waals surface area (Å²) in [4.78, 5) is 0.319. The van der Waals surface area contributed by atoms with E-state index in [1.807, 2.05) is 38.1 Å². The number of hydrogen-bond acceptors (Lipinski definition) is 3. The van der Waals surface area contributed by atoms with E-state index in [-0.39, 0.29) is 5.41 Å². The average molecular weight is 412 g/mol. The molecule has 1 atom stereocenters. The molecule has 5 heteroatoms. The maximum atomic E-state index is 13.0. The molecule has 0 bridgehead atoms. The van der Waals surface area contributed by atoms with Crippen LogP contribution >= 0.6 is 0 Å². The second-order valence-electron chi connectivity index (χ2n) is 9.39. The molecule has 0 saturated carbocycles. The van der Waals surface area contributed by atoms with Crippen molar-refractivity contribution in [2.75, 3.05) is 4.72 Å². The molecular weight excluding hydrogens is 382 g/mol. The molecule has 1 N–H and O–H groups in total. The van der Waals surface area contributed by atoms with Crippen LogP contribution in [0, 0.1) is 25.2 Å². The molecule has 0 unspecified atom stereocenters. The first kappa shape index (κ1) is 20.0. The van der Waals surface area contributed by atoms with E-state index in [9.17, 15) is 8.42 Å². The van der Waals surface area contributed by atoms with Gasteiger partial charge in [-0.25, -0.2) is 8.42 Å². The SMILES string of the molecule is Cc1ccc(C)c(S(=O)(=O)Nc2ccc3oc4c(c3c2)C[C@@H](C(C)(C)C)CC4)c1. The van der Waals surface area contributed by atoms with Crippen molar-refractivity contribution >= 4 is 26.7 Å². The molecule has 154 valence electrons. The molecule has 29 heavy (non-hydrogen) atoms. The van der Waals surface area contributed by atoms with Gasteiger partial charge in [0.25, 0.3) is 10.0 Å². The van der Waals surface area contributed by atoms with E-state index in [1.165, 1.54) is 5.56 Å². The van der Waals surface area contributed by atoms with Crippen LogP contribution in [0.3, 0.4) is 0 Å². The number of rotatable bonds is 3. The lowest BCUT2D eigenvalue weighted by atomic mass is 9.71. The Labute approximate surface area is 173 Å². The summed E-state index contributed by atoms with van der Waals surface area (Å²) in [5.74, 6) is 1.64. The maximum absolute atomic E-state index is 13.0. The average Bonchev–Trinajstić information content (AvgIpc) is 3.00. The first-order valence-electron chi connectivity index (χ1n) is 10.2. The molecule has 4 nitrogen and oxygen atoms in total. The van der Waals surface area contributed by atoms with Gasteiger partial charge >= 0.3 is 0 Å². The van der Waals surface area contributed by atoms with E-state index in [1.54, 1.807) is 12.1 Å². The molecule has 0 spiro atoms. The fourth-order valence-electron chi connectivity index (χ4n) is 4.29. The number of hydrogen-bond donors (Lipinski definition) is 1. The number of nitrogens with one attached hydrogen (secondary N) is 1. The van der Waals surface area contributed by atoms with Gasteiger partial charge in [-0.1, -0.05) is 32.9 Å². The van der Waals surface area contributed by atoms with Gasteiger partial charge in [-0.2, -0.15) is 0 Å². The second-order valence-corrected chi connectivity index (χ2v) is 11.0. The highest BCUT2D eigenvalue weighted by molar-refractivity contribution is 7.92. The van der Waals surface area contributed by atoms with Crippen LogP contribution in [-0.4, -0.2) is 8.42 Å². The topological polar surface area (TPSA) is 59.3 Å². The van der Waals surface area contributed by atoms with Gasteiger partial charge in [-0.05, 0) is 73.4 Å². The third-order valence-electron chi connectivity index (χ3n) is 6.15. The van der Waals surface area contributed by atoms with E-state index in [4.69, 9.17) is 4.42 Å². The molecule has 0 amide bonds. The first-order chi connectivity index (χ1) is 13.5. The van der Waals surface area contributed by atoms with Crippen LogP contribution in [0.15, 0.2) is 45.7 Å². The molecule has 0 fully saturated rings. The van der Waals surface area contributed by atoms with E-state index in [0.29, 0.717) is 16.5 Å². The molecule has 1 heterocycles. The number of fused-ring (bicyclic) bond motifs is 3. The lowest BCUT2D eigenvalue weighted by molar-refractivity contribution is 0.210. The summed E-state index contributed by atoms with van der Waals surface area (Å²) in [5.41, 5.74) is 4.53. The summed E-state index contributed by atoms with van der Waals surface area (Å²) in [6, 6.07) is 11.0. The predicted molar refractivity (Wildman–Crippen MR) is 118 cm³/mol. The van der Waals surface area contributed by atoms with Crippen molar-refractivity contribution in [3.63, 3.8) is 0 Å². The molecular formula is C24H29NO3S. The zero-order chi connectivity index (χ0) is 21.0. The Bertz CT molecular complexity index is 1180. The maximum Gasteiger partial charge on any atom is 0.262 e. The Morgan fingerprint density at radius 1 is 1.07 bits per heavy atom. The van der Waals surface area contributed by atoms with Crippen molar-refractivity contribution in [2.45, 2.75) is 58.8 Å². The number of anilines is 1. The third-order valence-corrected chi connectivity index (χ3v) is 7.68. The van der Waals surface area contributed by atoms with E-state index >= 15 is 0 Å². The molecule has 1 aromatic heterocycles. The Morgan fingerprint density at radius 2 is 1.83 bits per heavy atom. The smallest absolute Gasteiger partial charge is 0.262 e. The molecule has 0 aliphatic heterocycles. The highest BCUT2D eigenvalue weighted by atomic mass is 32.2. The number of aryl methyl sites for hydroxylation is 3. The quantitative estimate of drug-likeness (QED) is 0.575. The molecule has 3 aromatic rings. The summed E-state index contributed by atoms with van der Waals surface area (Å²) < 4.78 is 34.8. The van der Waals surface area contributed by atoms with Crippen LogP contribution in [-0.2, 0) is 22.9 Å². The van der Waals surface area contributed by atoms with E-state index in [2.05, 4.69) is 25.5 Å². The third kappa shape index (κ3) is 3.80. The van der Waals surface area contributed by atoms with Crippen LogP contribution in [0.4, 0.5) is 5.69 Å². The van der Waals surface area contributed by atoms with Gasteiger partial charge in [0.05, 0.1) is 4.90 Å². The van der Waals surface area contributed by atoms with Crippen molar-refractivity contribution in [1.29, 1.82) is 0 Å². The van der Waals surface area contributed by atoms with E-state index in [0.717, 1.165) is 47.1 Å². The van der Waals surface area contributed by atoms with Crippen molar-refractivity contribution in [2.24, 2.45) is 11.3 Å². The van der Waals surface area contributed by atoms with Gasteiger partial charge in [0.2, 0.25) is 0 Å². The molecule has 4 rings (SSSR count). The Kier molecular flexibility index (Phi) is 4.77. The summed E-state index contributed by atoms with van der Waals surface area (Å²) in [6.45, 7) is 10.6.